The van der Waals surface area contributed by atoms with E-state index >= 15 is 0 Å². The Morgan fingerprint density at radius 2 is 1.92 bits per heavy atom. The van der Waals surface area contributed by atoms with Gasteiger partial charge in [0.05, 0.1) is 0 Å². The van der Waals surface area contributed by atoms with Gasteiger partial charge in [-0.3, -0.25) is 4.99 Å². The van der Waals surface area contributed by atoms with Crippen LogP contribution in [0, 0.1) is 0 Å². The Kier molecular flexibility index (Phi) is 9.66. The number of hydrogen-bond acceptors (Lipinski definition) is 2. The fourth-order valence-electron chi connectivity index (χ4n) is 3.08. The summed E-state index contributed by atoms with van der Waals surface area (Å²) in [7, 11) is 0. The number of likely N-dealkylation sites (tertiary alicyclic amines) is 1. The van der Waals surface area contributed by atoms with Crippen molar-refractivity contribution in [1.82, 2.24) is 4.90 Å². The van der Waals surface area contributed by atoms with E-state index in [-0.39, 0.29) is 24.0 Å². The monoisotopic (exact) mass is 444 g/mol. The summed E-state index contributed by atoms with van der Waals surface area (Å²) in [6.45, 7) is 9.94. The number of piperidine rings is 1. The highest BCUT2D eigenvalue weighted by Gasteiger charge is 2.15. The first kappa shape index (κ1) is 21.2. The van der Waals surface area contributed by atoms with Crippen molar-refractivity contribution in [3.8, 4) is 0 Å². The van der Waals surface area contributed by atoms with Gasteiger partial charge in [-0.05, 0) is 62.9 Å². The Morgan fingerprint density at radius 1 is 1.21 bits per heavy atom. The minimum absolute atomic E-state index is 0. The third-order valence-corrected chi connectivity index (χ3v) is 4.67. The molecule has 0 radical (unpaired) electrons. The summed E-state index contributed by atoms with van der Waals surface area (Å²) in [6, 6.07) is 8.97. The maximum Gasteiger partial charge on any atom is 0.193 e. The first-order chi connectivity index (χ1) is 11.1. The number of halogens is 1. The summed E-state index contributed by atoms with van der Waals surface area (Å²) in [6.07, 6.45) is 5.12. The van der Waals surface area contributed by atoms with Crippen molar-refractivity contribution in [3.05, 3.63) is 29.8 Å². The van der Waals surface area contributed by atoms with E-state index < -0.39 is 0 Å². The first-order valence-electron chi connectivity index (χ1n) is 8.97. The number of nitrogens with two attached hydrogens (primary N) is 1. The molecule has 0 saturated carbocycles. The molecule has 0 aromatic heterocycles. The van der Waals surface area contributed by atoms with Gasteiger partial charge in [-0.1, -0.05) is 32.4 Å². The van der Waals surface area contributed by atoms with Gasteiger partial charge in [-0.25, -0.2) is 0 Å². The van der Waals surface area contributed by atoms with E-state index in [0.29, 0.717) is 17.9 Å². The highest BCUT2D eigenvalue weighted by molar-refractivity contribution is 14.0. The average molecular weight is 444 g/mol. The Labute approximate surface area is 164 Å². The van der Waals surface area contributed by atoms with E-state index in [4.69, 9.17) is 5.73 Å². The summed E-state index contributed by atoms with van der Waals surface area (Å²) < 4.78 is 0. The molecule has 0 bridgehead atoms. The van der Waals surface area contributed by atoms with Crippen LogP contribution in [0.4, 0.5) is 5.69 Å². The molecule has 0 aliphatic carbocycles. The highest BCUT2D eigenvalue weighted by atomic mass is 127. The standard InChI is InChI=1S/C19H32N4.HI/c1-15(2)17-8-7-9-18(14-17)22-19(20)21-11-10-16(3)23-12-5-4-6-13-23;/h7-9,14-16H,4-6,10-13H2,1-3H3,(H3,20,21,22);1H. The zero-order chi connectivity index (χ0) is 16.7. The lowest BCUT2D eigenvalue weighted by Crippen LogP contribution is -2.37. The van der Waals surface area contributed by atoms with Crippen LogP contribution in [0.15, 0.2) is 29.3 Å². The van der Waals surface area contributed by atoms with E-state index in [1.54, 1.807) is 0 Å². The third kappa shape index (κ3) is 6.97. The number of anilines is 1. The second-order valence-electron chi connectivity index (χ2n) is 6.91. The number of hydrogen-bond donors (Lipinski definition) is 2. The predicted molar refractivity (Wildman–Crippen MR) is 116 cm³/mol. The van der Waals surface area contributed by atoms with Crippen molar-refractivity contribution in [2.75, 3.05) is 25.0 Å². The molecule has 24 heavy (non-hydrogen) atoms. The normalized spacial score (nSPS) is 17.4. The van der Waals surface area contributed by atoms with E-state index in [2.05, 4.69) is 54.2 Å². The van der Waals surface area contributed by atoms with Crippen LogP contribution in [0.1, 0.15) is 57.9 Å². The van der Waals surface area contributed by atoms with Crippen LogP contribution in [-0.2, 0) is 0 Å². The SMILES string of the molecule is CC(C)c1cccc(NC(N)=NCCC(C)N2CCCCC2)c1.I. The van der Waals surface area contributed by atoms with Gasteiger partial charge in [-0.2, -0.15) is 0 Å². The molecule has 136 valence electrons. The summed E-state index contributed by atoms with van der Waals surface area (Å²) >= 11 is 0. The van der Waals surface area contributed by atoms with Crippen molar-refractivity contribution in [2.24, 2.45) is 10.7 Å². The zero-order valence-electron chi connectivity index (χ0n) is 15.3. The van der Waals surface area contributed by atoms with Gasteiger partial charge >= 0.3 is 0 Å². The van der Waals surface area contributed by atoms with Crippen LogP contribution in [-0.4, -0.2) is 36.5 Å². The number of benzene rings is 1. The smallest absolute Gasteiger partial charge is 0.193 e. The number of guanidine groups is 1. The molecule has 1 heterocycles. The Hall–Kier alpha value is -0.820. The van der Waals surface area contributed by atoms with Crippen LogP contribution in [0.2, 0.25) is 0 Å². The molecule has 5 heteroatoms. The van der Waals surface area contributed by atoms with Gasteiger partial charge < -0.3 is 16.0 Å². The fraction of sp³-hybridized carbons (Fsp3) is 0.632. The summed E-state index contributed by atoms with van der Waals surface area (Å²) in [5.74, 6) is 1.03. The second-order valence-corrected chi connectivity index (χ2v) is 6.91. The number of aliphatic imine (C=N–C) groups is 1. The van der Waals surface area contributed by atoms with E-state index in [9.17, 15) is 0 Å². The fourth-order valence-corrected chi connectivity index (χ4v) is 3.08. The summed E-state index contributed by atoms with van der Waals surface area (Å²) in [5, 5.41) is 3.20. The molecule has 1 aliphatic rings. The predicted octanol–water partition coefficient (Wildman–Crippen LogP) is 4.42. The number of rotatable bonds is 6. The van der Waals surface area contributed by atoms with Gasteiger partial charge in [0.15, 0.2) is 5.96 Å². The van der Waals surface area contributed by atoms with Crippen LogP contribution < -0.4 is 11.1 Å². The molecule has 1 atom stereocenters. The minimum Gasteiger partial charge on any atom is -0.370 e. The average Bonchev–Trinajstić information content (AvgIpc) is 2.55. The molecule has 1 unspecified atom stereocenters. The molecule has 3 N–H and O–H groups in total. The molecular weight excluding hydrogens is 411 g/mol. The van der Waals surface area contributed by atoms with E-state index in [1.807, 2.05) is 6.07 Å². The zero-order valence-corrected chi connectivity index (χ0v) is 17.6. The number of nitrogens with one attached hydrogen (secondary N) is 1. The topological polar surface area (TPSA) is 53.6 Å². The molecule has 0 amide bonds. The Morgan fingerprint density at radius 3 is 2.58 bits per heavy atom. The number of nitrogens with zero attached hydrogens (tertiary/aromatic N) is 2. The van der Waals surface area contributed by atoms with Gasteiger partial charge in [0.2, 0.25) is 0 Å². The van der Waals surface area contributed by atoms with Crippen molar-refractivity contribution in [3.63, 3.8) is 0 Å². The van der Waals surface area contributed by atoms with Crippen LogP contribution in [0.25, 0.3) is 0 Å². The van der Waals surface area contributed by atoms with Gasteiger partial charge in [-0.15, -0.1) is 24.0 Å². The van der Waals surface area contributed by atoms with Crippen molar-refractivity contribution in [1.29, 1.82) is 0 Å². The lowest BCUT2D eigenvalue weighted by Gasteiger charge is -2.32. The largest absolute Gasteiger partial charge is 0.370 e. The molecule has 1 aromatic carbocycles. The lowest BCUT2D eigenvalue weighted by molar-refractivity contribution is 0.168. The van der Waals surface area contributed by atoms with Gasteiger partial charge in [0, 0.05) is 18.3 Å². The highest BCUT2D eigenvalue weighted by Crippen LogP contribution is 2.18. The van der Waals surface area contributed by atoms with Crippen LogP contribution in [0.3, 0.4) is 0 Å². The molecule has 1 fully saturated rings. The molecular formula is C19H33IN4. The van der Waals surface area contributed by atoms with Gasteiger partial charge in [0.1, 0.15) is 0 Å². The van der Waals surface area contributed by atoms with Crippen LogP contribution >= 0.6 is 24.0 Å². The molecule has 1 aromatic rings. The van der Waals surface area contributed by atoms with Crippen LogP contribution in [0.5, 0.6) is 0 Å². The maximum absolute atomic E-state index is 6.02. The Balaban J connectivity index is 0.00000288. The van der Waals surface area contributed by atoms with Crippen molar-refractivity contribution in [2.45, 2.75) is 58.4 Å². The lowest BCUT2D eigenvalue weighted by atomic mass is 10.0. The summed E-state index contributed by atoms with van der Waals surface area (Å²) in [4.78, 5) is 7.06. The third-order valence-electron chi connectivity index (χ3n) is 4.67. The Bertz CT molecular complexity index is 510. The van der Waals surface area contributed by atoms with Gasteiger partial charge in [0.25, 0.3) is 0 Å². The van der Waals surface area contributed by atoms with E-state index in [1.165, 1.54) is 37.9 Å². The molecule has 2 rings (SSSR count). The quantitative estimate of drug-likeness (QED) is 0.388. The second kappa shape index (κ2) is 10.9. The molecule has 4 nitrogen and oxygen atoms in total. The molecule has 1 aliphatic heterocycles. The summed E-state index contributed by atoms with van der Waals surface area (Å²) in [5.41, 5.74) is 8.34. The maximum atomic E-state index is 6.02. The first-order valence-corrected chi connectivity index (χ1v) is 8.97. The van der Waals surface area contributed by atoms with Crippen molar-refractivity contribution < 1.29 is 0 Å². The molecule has 0 spiro atoms. The van der Waals surface area contributed by atoms with Crippen molar-refractivity contribution >= 4 is 35.6 Å². The minimum atomic E-state index is 0. The van der Waals surface area contributed by atoms with E-state index in [0.717, 1.165) is 18.7 Å². The molecule has 1 saturated heterocycles.